The molecule has 0 aliphatic carbocycles. The molecule has 0 bridgehead atoms. The van der Waals surface area contributed by atoms with Crippen molar-refractivity contribution in [3.05, 3.63) is 25.6 Å². The normalized spacial score (nSPS) is 12.2. The number of aryl methyl sites for hydroxylation is 2. The number of nitrogens with one attached hydrogen (secondary N) is 1. The molecule has 0 saturated heterocycles. The van der Waals surface area contributed by atoms with Gasteiger partial charge in [-0.15, -0.1) is 11.3 Å². The largest absolute Gasteiger partial charge is 0.389 e. The number of hydrogen-bond donors (Lipinski definition) is 1. The average molecular weight is 336 g/mol. The van der Waals surface area contributed by atoms with Crippen molar-refractivity contribution in [1.82, 2.24) is 9.55 Å². The second-order valence-electron chi connectivity index (χ2n) is 4.95. The molecule has 0 spiro atoms. The summed E-state index contributed by atoms with van der Waals surface area (Å²) in [6.45, 7) is 3.99. The van der Waals surface area contributed by atoms with Gasteiger partial charge in [0.1, 0.15) is 4.83 Å². The van der Waals surface area contributed by atoms with Crippen LogP contribution in [0.1, 0.15) is 29.7 Å². The maximum atomic E-state index is 12.4. The summed E-state index contributed by atoms with van der Waals surface area (Å²) in [7, 11) is 0. The van der Waals surface area contributed by atoms with E-state index in [0.717, 1.165) is 15.3 Å². The van der Waals surface area contributed by atoms with Crippen LogP contribution in [0.3, 0.4) is 0 Å². The van der Waals surface area contributed by atoms with Gasteiger partial charge in [-0.3, -0.25) is 9.36 Å². The lowest BCUT2D eigenvalue weighted by atomic mass is 10.2. The number of thiophene rings is 1. The Morgan fingerprint density at radius 2 is 1.95 bits per heavy atom. The van der Waals surface area contributed by atoms with Gasteiger partial charge in [0, 0.05) is 17.8 Å². The van der Waals surface area contributed by atoms with Crippen LogP contribution in [0.25, 0.3) is 10.2 Å². The number of aromatic amines is 1. The van der Waals surface area contributed by atoms with Gasteiger partial charge in [-0.05, 0) is 44.5 Å². The number of H-pyrrole nitrogens is 1. The summed E-state index contributed by atoms with van der Waals surface area (Å²) >= 11 is 6.60. The quantitative estimate of drug-likeness (QED) is 0.661. The Morgan fingerprint density at radius 1 is 1.29 bits per heavy atom. The summed E-state index contributed by atoms with van der Waals surface area (Å²) in [5, 5.41) is 0.585. The van der Waals surface area contributed by atoms with E-state index in [4.69, 9.17) is 12.2 Å². The van der Waals surface area contributed by atoms with Gasteiger partial charge in [-0.25, -0.2) is 0 Å². The van der Waals surface area contributed by atoms with E-state index in [-0.39, 0.29) is 29.7 Å². The molecule has 0 amide bonds. The van der Waals surface area contributed by atoms with Crippen molar-refractivity contribution in [3.63, 3.8) is 0 Å². The van der Waals surface area contributed by atoms with Gasteiger partial charge in [0.15, 0.2) is 4.77 Å². The first-order valence-electron chi connectivity index (χ1n) is 6.50. The molecule has 0 saturated carbocycles. The number of nitrogens with zero attached hydrogens (tertiary/aromatic N) is 1. The number of alkyl halides is 3. The van der Waals surface area contributed by atoms with E-state index in [1.54, 1.807) is 0 Å². The minimum Gasteiger partial charge on any atom is -0.323 e. The minimum absolute atomic E-state index is 0.00953. The summed E-state index contributed by atoms with van der Waals surface area (Å²) in [5.74, 6) is 0. The van der Waals surface area contributed by atoms with Crippen LogP contribution in [-0.4, -0.2) is 15.7 Å². The molecule has 116 valence electrons. The molecule has 3 nitrogen and oxygen atoms in total. The lowest BCUT2D eigenvalue weighted by Crippen LogP contribution is -2.22. The fraction of sp³-hybridized carbons (Fsp3) is 0.538. The van der Waals surface area contributed by atoms with E-state index in [9.17, 15) is 18.0 Å². The molecule has 0 aliphatic heterocycles. The summed E-state index contributed by atoms with van der Waals surface area (Å²) < 4.78 is 37.9. The van der Waals surface area contributed by atoms with Crippen LogP contribution in [0, 0.1) is 18.6 Å². The Balaban J connectivity index is 2.26. The van der Waals surface area contributed by atoms with Crippen molar-refractivity contribution in [3.8, 4) is 0 Å². The molecule has 0 fully saturated rings. The molecule has 1 N–H and O–H groups in total. The third-order valence-electron chi connectivity index (χ3n) is 3.40. The summed E-state index contributed by atoms with van der Waals surface area (Å²) in [6, 6.07) is 0. The van der Waals surface area contributed by atoms with E-state index in [1.165, 1.54) is 15.9 Å². The minimum atomic E-state index is -4.15. The zero-order valence-corrected chi connectivity index (χ0v) is 13.3. The first-order chi connectivity index (χ1) is 9.70. The van der Waals surface area contributed by atoms with Crippen LogP contribution in [0.5, 0.6) is 0 Å². The number of unbranched alkanes of at least 4 members (excludes halogenated alkanes) is 1. The van der Waals surface area contributed by atoms with Gasteiger partial charge in [0.25, 0.3) is 5.56 Å². The highest BCUT2D eigenvalue weighted by atomic mass is 32.1. The van der Waals surface area contributed by atoms with E-state index in [0.29, 0.717) is 5.39 Å². The highest BCUT2D eigenvalue weighted by Crippen LogP contribution is 2.26. The van der Waals surface area contributed by atoms with Crippen molar-refractivity contribution >= 4 is 33.8 Å². The Labute approximate surface area is 128 Å². The average Bonchev–Trinajstić information content (AvgIpc) is 2.62. The molecular weight excluding hydrogens is 321 g/mol. The highest BCUT2D eigenvalue weighted by molar-refractivity contribution is 7.71. The predicted octanol–water partition coefficient (Wildman–Crippen LogP) is 4.47. The van der Waals surface area contributed by atoms with E-state index in [1.807, 2.05) is 13.8 Å². The first-order valence-corrected chi connectivity index (χ1v) is 7.73. The van der Waals surface area contributed by atoms with Gasteiger partial charge < -0.3 is 4.98 Å². The van der Waals surface area contributed by atoms with Crippen LogP contribution in [0.2, 0.25) is 0 Å². The topological polar surface area (TPSA) is 37.8 Å². The Hall–Kier alpha value is -1.15. The SMILES string of the molecule is Cc1sc2[nH]c(=S)n(CCCCC(F)(F)F)c(=O)c2c1C. The molecule has 0 aliphatic rings. The van der Waals surface area contributed by atoms with Crippen molar-refractivity contribution in [1.29, 1.82) is 0 Å². The van der Waals surface area contributed by atoms with Crippen molar-refractivity contribution in [2.75, 3.05) is 0 Å². The summed E-state index contributed by atoms with van der Waals surface area (Å²) in [4.78, 5) is 17.2. The smallest absolute Gasteiger partial charge is 0.323 e. The second-order valence-corrected chi connectivity index (χ2v) is 6.56. The van der Waals surface area contributed by atoms with Crippen LogP contribution in [0.4, 0.5) is 13.2 Å². The fourth-order valence-corrected chi connectivity index (χ4v) is 3.56. The number of halogens is 3. The molecule has 2 aromatic rings. The molecule has 0 unspecified atom stereocenters. The lowest BCUT2D eigenvalue weighted by molar-refractivity contribution is -0.135. The van der Waals surface area contributed by atoms with Gasteiger partial charge in [-0.2, -0.15) is 13.2 Å². The Kier molecular flexibility index (Phi) is 4.57. The van der Waals surface area contributed by atoms with Crippen molar-refractivity contribution in [2.45, 2.75) is 45.8 Å². The van der Waals surface area contributed by atoms with Crippen LogP contribution >= 0.6 is 23.6 Å². The lowest BCUT2D eigenvalue weighted by Gasteiger charge is -2.08. The maximum Gasteiger partial charge on any atom is 0.389 e. The molecule has 2 rings (SSSR count). The van der Waals surface area contributed by atoms with Crippen LogP contribution in [-0.2, 0) is 6.54 Å². The first kappa shape index (κ1) is 16.2. The number of hydrogen-bond acceptors (Lipinski definition) is 3. The summed E-state index contributed by atoms with van der Waals surface area (Å²) in [6.07, 6.45) is -4.73. The predicted molar refractivity (Wildman–Crippen MR) is 80.6 cm³/mol. The zero-order valence-electron chi connectivity index (χ0n) is 11.6. The van der Waals surface area contributed by atoms with Crippen molar-refractivity contribution < 1.29 is 13.2 Å². The monoisotopic (exact) mass is 336 g/mol. The second kappa shape index (κ2) is 5.92. The highest BCUT2D eigenvalue weighted by Gasteiger charge is 2.25. The van der Waals surface area contributed by atoms with Gasteiger partial charge >= 0.3 is 6.18 Å². The summed E-state index contributed by atoms with van der Waals surface area (Å²) in [5.41, 5.74) is 0.679. The number of rotatable bonds is 4. The van der Waals surface area contributed by atoms with E-state index in [2.05, 4.69) is 4.98 Å². The van der Waals surface area contributed by atoms with Gasteiger partial charge in [0.2, 0.25) is 0 Å². The fourth-order valence-electron chi connectivity index (χ4n) is 2.16. The zero-order chi connectivity index (χ0) is 15.8. The Morgan fingerprint density at radius 3 is 2.57 bits per heavy atom. The van der Waals surface area contributed by atoms with E-state index >= 15 is 0 Å². The molecule has 2 heterocycles. The van der Waals surface area contributed by atoms with Crippen LogP contribution in [0.15, 0.2) is 4.79 Å². The third kappa shape index (κ3) is 3.55. The molecular formula is C13H15F3N2OS2. The standard InChI is InChI=1S/C13H15F3N2OS2/c1-7-8(2)21-10-9(7)11(19)18(12(20)17-10)6-4-3-5-13(14,15)16/h3-6H2,1-2H3,(H,17,20). The van der Waals surface area contributed by atoms with Crippen molar-refractivity contribution in [2.24, 2.45) is 0 Å². The van der Waals surface area contributed by atoms with E-state index < -0.39 is 12.6 Å². The Bertz CT molecular complexity index is 771. The maximum absolute atomic E-state index is 12.4. The molecule has 8 heteroatoms. The van der Waals surface area contributed by atoms with Gasteiger partial charge in [0.05, 0.1) is 5.39 Å². The molecule has 0 radical (unpaired) electrons. The third-order valence-corrected chi connectivity index (χ3v) is 4.85. The molecule has 21 heavy (non-hydrogen) atoms. The number of fused-ring (bicyclic) bond motifs is 1. The molecule has 2 aromatic heterocycles. The van der Waals surface area contributed by atoms with Gasteiger partial charge in [-0.1, -0.05) is 0 Å². The molecule has 0 aromatic carbocycles. The van der Waals surface area contributed by atoms with Crippen LogP contribution < -0.4 is 5.56 Å². The number of aromatic nitrogens is 2. The molecule has 0 atom stereocenters.